The van der Waals surface area contributed by atoms with Crippen LogP contribution in [0.5, 0.6) is 0 Å². The van der Waals surface area contributed by atoms with Crippen molar-refractivity contribution >= 4 is 23.1 Å². The first-order valence-corrected chi connectivity index (χ1v) is 5.21. The Morgan fingerprint density at radius 1 is 1.25 bits per heavy atom. The molecule has 0 aliphatic rings. The average Bonchev–Trinajstić information content (AvgIpc) is 2.32. The highest BCUT2D eigenvalue weighted by molar-refractivity contribution is 6.33. The van der Waals surface area contributed by atoms with Crippen molar-refractivity contribution < 1.29 is 0 Å². The van der Waals surface area contributed by atoms with Crippen molar-refractivity contribution in [1.82, 2.24) is 9.97 Å². The summed E-state index contributed by atoms with van der Waals surface area (Å²) in [5.41, 5.74) is 6.27. The van der Waals surface area contributed by atoms with Crippen molar-refractivity contribution in [2.45, 2.75) is 6.54 Å². The summed E-state index contributed by atoms with van der Waals surface area (Å²) in [6.45, 7) is 0.318. The van der Waals surface area contributed by atoms with E-state index in [-0.39, 0.29) is 0 Å². The van der Waals surface area contributed by atoms with E-state index in [1.807, 2.05) is 24.3 Å². The van der Waals surface area contributed by atoms with E-state index >= 15 is 0 Å². The maximum Gasteiger partial charge on any atom is 0.144 e. The predicted octanol–water partition coefficient (Wildman–Crippen LogP) is 2.33. The highest BCUT2D eigenvalue weighted by Crippen LogP contribution is 2.23. The number of rotatable bonds is 3. The van der Waals surface area contributed by atoms with Gasteiger partial charge >= 0.3 is 0 Å². The Morgan fingerprint density at radius 3 is 2.81 bits per heavy atom. The fourth-order valence-electron chi connectivity index (χ4n) is 1.27. The van der Waals surface area contributed by atoms with Gasteiger partial charge in [-0.1, -0.05) is 23.7 Å². The highest BCUT2D eigenvalue weighted by atomic mass is 35.5. The molecule has 2 aromatic rings. The van der Waals surface area contributed by atoms with Crippen LogP contribution in [0.15, 0.2) is 36.5 Å². The van der Waals surface area contributed by atoms with Gasteiger partial charge in [0.25, 0.3) is 0 Å². The number of nitrogens with two attached hydrogens (primary N) is 1. The summed E-state index contributed by atoms with van der Waals surface area (Å²) in [5.74, 6) is 1.28. The quantitative estimate of drug-likeness (QED) is 0.856. The van der Waals surface area contributed by atoms with Crippen molar-refractivity contribution in [2.75, 3.05) is 5.32 Å². The number of halogens is 1. The molecule has 0 unspecified atom stereocenters. The van der Waals surface area contributed by atoms with E-state index in [0.717, 1.165) is 5.69 Å². The smallest absolute Gasteiger partial charge is 0.144 e. The number of aromatic nitrogens is 2. The van der Waals surface area contributed by atoms with Gasteiger partial charge in [-0.25, -0.2) is 9.97 Å². The van der Waals surface area contributed by atoms with Crippen LogP contribution >= 0.6 is 11.6 Å². The molecule has 0 aliphatic carbocycles. The van der Waals surface area contributed by atoms with E-state index < -0.39 is 0 Å². The molecule has 0 amide bonds. The van der Waals surface area contributed by atoms with E-state index in [2.05, 4.69) is 15.3 Å². The number of nitrogens with one attached hydrogen (secondary N) is 1. The van der Waals surface area contributed by atoms with Gasteiger partial charge in [-0.3, -0.25) is 0 Å². The molecule has 0 fully saturated rings. The number of hydrogen-bond acceptors (Lipinski definition) is 4. The summed E-state index contributed by atoms with van der Waals surface area (Å²) in [4.78, 5) is 8.23. The molecular weight excluding hydrogens is 224 g/mol. The molecule has 1 heterocycles. The Labute approximate surface area is 98.5 Å². The van der Waals surface area contributed by atoms with Crippen molar-refractivity contribution in [3.8, 4) is 0 Å². The minimum Gasteiger partial charge on any atom is -0.339 e. The van der Waals surface area contributed by atoms with Crippen LogP contribution in [-0.2, 0) is 6.54 Å². The lowest BCUT2D eigenvalue weighted by Gasteiger charge is -2.07. The SMILES string of the molecule is NCc1nccc(Nc2ccccc2Cl)n1. The largest absolute Gasteiger partial charge is 0.339 e. The predicted molar refractivity (Wildman–Crippen MR) is 64.7 cm³/mol. The van der Waals surface area contributed by atoms with Crippen LogP contribution in [0.3, 0.4) is 0 Å². The van der Waals surface area contributed by atoms with Crippen LogP contribution in [-0.4, -0.2) is 9.97 Å². The van der Waals surface area contributed by atoms with Gasteiger partial charge in [0, 0.05) is 6.20 Å². The zero-order valence-corrected chi connectivity index (χ0v) is 9.28. The number of anilines is 2. The molecule has 3 N–H and O–H groups in total. The van der Waals surface area contributed by atoms with E-state index in [1.54, 1.807) is 12.3 Å². The fraction of sp³-hybridized carbons (Fsp3) is 0.0909. The first kappa shape index (κ1) is 10.9. The maximum absolute atomic E-state index is 6.02. The van der Waals surface area contributed by atoms with Crippen LogP contribution in [0.4, 0.5) is 11.5 Å². The molecule has 0 bridgehead atoms. The minimum absolute atomic E-state index is 0.318. The Bertz CT molecular complexity index is 487. The third-order valence-corrected chi connectivity index (χ3v) is 2.35. The number of nitrogens with zero attached hydrogens (tertiary/aromatic N) is 2. The van der Waals surface area contributed by atoms with E-state index in [0.29, 0.717) is 23.2 Å². The lowest BCUT2D eigenvalue weighted by atomic mass is 10.3. The van der Waals surface area contributed by atoms with Gasteiger partial charge in [0.2, 0.25) is 0 Å². The second-order valence-corrected chi connectivity index (χ2v) is 3.57. The fourth-order valence-corrected chi connectivity index (χ4v) is 1.45. The summed E-state index contributed by atoms with van der Waals surface area (Å²) in [5, 5.41) is 3.76. The van der Waals surface area contributed by atoms with Gasteiger partial charge in [-0.05, 0) is 18.2 Å². The number of benzene rings is 1. The molecule has 82 valence electrons. The van der Waals surface area contributed by atoms with Crippen LogP contribution in [0.1, 0.15) is 5.82 Å². The van der Waals surface area contributed by atoms with Crippen molar-refractivity contribution in [1.29, 1.82) is 0 Å². The first-order valence-electron chi connectivity index (χ1n) is 4.83. The zero-order chi connectivity index (χ0) is 11.4. The molecule has 0 spiro atoms. The van der Waals surface area contributed by atoms with Gasteiger partial charge in [0.15, 0.2) is 0 Å². The van der Waals surface area contributed by atoms with Crippen LogP contribution in [0.25, 0.3) is 0 Å². The van der Waals surface area contributed by atoms with Crippen molar-refractivity contribution in [3.05, 3.63) is 47.4 Å². The van der Waals surface area contributed by atoms with Gasteiger partial charge < -0.3 is 11.1 Å². The summed E-state index contributed by atoms with van der Waals surface area (Å²) in [6.07, 6.45) is 1.66. The third-order valence-electron chi connectivity index (χ3n) is 2.02. The van der Waals surface area contributed by atoms with Crippen LogP contribution in [0, 0.1) is 0 Å². The molecule has 1 aromatic carbocycles. The second kappa shape index (κ2) is 4.92. The summed E-state index contributed by atoms with van der Waals surface area (Å²) < 4.78 is 0. The molecule has 0 radical (unpaired) electrons. The molecule has 0 atom stereocenters. The molecule has 2 rings (SSSR count). The maximum atomic E-state index is 6.02. The Hall–Kier alpha value is -1.65. The summed E-state index contributed by atoms with van der Waals surface area (Å²) in [7, 11) is 0. The topological polar surface area (TPSA) is 63.8 Å². The van der Waals surface area contributed by atoms with E-state index in [1.165, 1.54) is 0 Å². The molecule has 0 saturated carbocycles. The molecule has 0 saturated heterocycles. The second-order valence-electron chi connectivity index (χ2n) is 3.17. The lowest BCUT2D eigenvalue weighted by Crippen LogP contribution is -2.04. The monoisotopic (exact) mass is 234 g/mol. The molecule has 0 aliphatic heterocycles. The average molecular weight is 235 g/mol. The number of hydrogen-bond donors (Lipinski definition) is 2. The van der Waals surface area contributed by atoms with Crippen LogP contribution in [0.2, 0.25) is 5.02 Å². The van der Waals surface area contributed by atoms with E-state index in [9.17, 15) is 0 Å². The standard InChI is InChI=1S/C11H11ClN4/c12-8-3-1-2-4-9(8)15-10-5-6-14-11(7-13)16-10/h1-6H,7,13H2,(H,14,15,16). The molecule has 16 heavy (non-hydrogen) atoms. The van der Waals surface area contributed by atoms with E-state index in [4.69, 9.17) is 17.3 Å². The Morgan fingerprint density at radius 2 is 2.06 bits per heavy atom. The van der Waals surface area contributed by atoms with Gasteiger partial charge in [-0.15, -0.1) is 0 Å². The minimum atomic E-state index is 0.318. The van der Waals surface area contributed by atoms with Crippen molar-refractivity contribution in [2.24, 2.45) is 5.73 Å². The Kier molecular flexibility index (Phi) is 3.34. The molecule has 1 aromatic heterocycles. The lowest BCUT2D eigenvalue weighted by molar-refractivity contribution is 0.912. The van der Waals surface area contributed by atoms with Crippen molar-refractivity contribution in [3.63, 3.8) is 0 Å². The summed E-state index contributed by atoms with van der Waals surface area (Å²) in [6, 6.07) is 9.24. The summed E-state index contributed by atoms with van der Waals surface area (Å²) >= 11 is 6.02. The zero-order valence-electron chi connectivity index (χ0n) is 8.52. The molecule has 4 nitrogen and oxygen atoms in total. The normalized spacial score (nSPS) is 10.1. The first-order chi connectivity index (χ1) is 7.79. The number of para-hydroxylation sites is 1. The Balaban J connectivity index is 2.24. The van der Waals surface area contributed by atoms with Gasteiger partial charge in [0.05, 0.1) is 17.3 Å². The molecular formula is C11H11ClN4. The molecule has 5 heteroatoms. The third kappa shape index (κ3) is 2.48. The van der Waals surface area contributed by atoms with Gasteiger partial charge in [0.1, 0.15) is 11.6 Å². The highest BCUT2D eigenvalue weighted by Gasteiger charge is 2.01. The van der Waals surface area contributed by atoms with Crippen LogP contribution < -0.4 is 11.1 Å². The van der Waals surface area contributed by atoms with Gasteiger partial charge in [-0.2, -0.15) is 0 Å².